The van der Waals surface area contributed by atoms with Crippen LogP contribution < -0.4 is 8.92 Å². The molecule has 1 fully saturated rings. The maximum atomic E-state index is 12.8. The van der Waals surface area contributed by atoms with Crippen molar-refractivity contribution in [1.29, 1.82) is 0 Å². The van der Waals surface area contributed by atoms with E-state index in [9.17, 15) is 16.8 Å². The Kier molecular flexibility index (Phi) is 5.32. The van der Waals surface area contributed by atoms with Gasteiger partial charge in [0.25, 0.3) is 0 Å². The van der Waals surface area contributed by atoms with Crippen LogP contribution in [-0.2, 0) is 26.6 Å². The van der Waals surface area contributed by atoms with E-state index in [1.165, 1.54) is 28.6 Å². The van der Waals surface area contributed by atoms with Crippen LogP contribution in [0.5, 0.6) is 11.5 Å². The molecule has 30 heavy (non-hydrogen) atoms. The number of benzene rings is 2. The molecule has 0 unspecified atom stereocenters. The van der Waals surface area contributed by atoms with Crippen LogP contribution in [0.2, 0.25) is 0 Å². The summed E-state index contributed by atoms with van der Waals surface area (Å²) in [5.41, 5.74) is 0.450. The van der Waals surface area contributed by atoms with Gasteiger partial charge in [0.15, 0.2) is 11.5 Å². The minimum Gasteiger partial charge on any atom is -0.483 e. The molecule has 0 bridgehead atoms. The van der Waals surface area contributed by atoms with Gasteiger partial charge < -0.3 is 8.92 Å². The van der Waals surface area contributed by atoms with E-state index in [-0.39, 0.29) is 15.5 Å². The Hall–Kier alpha value is -2.10. The molecule has 2 aliphatic heterocycles. The Balaban J connectivity index is 1.57. The maximum absolute atomic E-state index is 12.8. The quantitative estimate of drug-likeness (QED) is 0.648. The molecule has 2 aromatic carbocycles. The number of nitrogens with zero attached hydrogens (tertiary/aromatic N) is 1. The number of ether oxygens (including phenoxy) is 1. The number of rotatable bonds is 5. The summed E-state index contributed by atoms with van der Waals surface area (Å²) < 4.78 is 63.8. The lowest BCUT2D eigenvalue weighted by atomic mass is 10.0. The molecule has 2 aliphatic rings. The topological polar surface area (TPSA) is 90.0 Å². The third-order valence-corrected chi connectivity index (χ3v) is 8.48. The molecule has 0 amide bonds. The Bertz CT molecular complexity index is 1150. The van der Waals surface area contributed by atoms with Crippen molar-refractivity contribution >= 4 is 20.1 Å². The van der Waals surface area contributed by atoms with Gasteiger partial charge in [-0.25, -0.2) is 8.42 Å². The summed E-state index contributed by atoms with van der Waals surface area (Å²) in [5.74, 6) is 0.554. The molecule has 0 spiro atoms. The fraction of sp³-hybridized carbons (Fsp3) is 0.429. The monoisotopic (exact) mass is 451 g/mol. The molecule has 0 radical (unpaired) electrons. The first-order chi connectivity index (χ1) is 14.1. The van der Waals surface area contributed by atoms with E-state index in [4.69, 9.17) is 8.92 Å². The molecule has 9 heteroatoms. The molecule has 0 atom stereocenters. The van der Waals surface area contributed by atoms with Gasteiger partial charge in [-0.1, -0.05) is 18.6 Å². The first kappa shape index (κ1) is 21.1. The van der Waals surface area contributed by atoms with Gasteiger partial charge in [-0.15, -0.1) is 0 Å². The molecule has 0 N–H and O–H groups in total. The van der Waals surface area contributed by atoms with Crippen LogP contribution in [0.3, 0.4) is 0 Å². The van der Waals surface area contributed by atoms with Crippen LogP contribution >= 0.6 is 0 Å². The van der Waals surface area contributed by atoms with Crippen molar-refractivity contribution in [2.75, 3.05) is 13.1 Å². The van der Waals surface area contributed by atoms with Crippen LogP contribution in [0, 0.1) is 0 Å². The van der Waals surface area contributed by atoms with E-state index in [0.29, 0.717) is 25.3 Å². The zero-order chi connectivity index (χ0) is 21.6. The number of hydrogen-bond donors (Lipinski definition) is 0. The van der Waals surface area contributed by atoms with Crippen molar-refractivity contribution in [3.05, 3.63) is 48.0 Å². The van der Waals surface area contributed by atoms with Gasteiger partial charge >= 0.3 is 10.1 Å². The Morgan fingerprint density at radius 2 is 1.53 bits per heavy atom. The summed E-state index contributed by atoms with van der Waals surface area (Å²) in [5, 5.41) is 0. The lowest BCUT2D eigenvalue weighted by Gasteiger charge is -2.25. The molecule has 1 saturated heterocycles. The number of fused-ring (bicyclic) bond motifs is 1. The minimum absolute atomic E-state index is 0.0778. The van der Waals surface area contributed by atoms with Gasteiger partial charge in [0, 0.05) is 25.1 Å². The predicted octanol–water partition coefficient (Wildman–Crippen LogP) is 3.34. The third kappa shape index (κ3) is 4.06. The summed E-state index contributed by atoms with van der Waals surface area (Å²) in [6, 6.07) is 10.3. The normalized spacial score (nSPS) is 19.1. The fourth-order valence-electron chi connectivity index (χ4n) is 3.85. The molecule has 2 aromatic rings. The van der Waals surface area contributed by atoms with Crippen molar-refractivity contribution in [1.82, 2.24) is 4.31 Å². The largest absolute Gasteiger partial charge is 0.483 e. The van der Waals surface area contributed by atoms with E-state index in [2.05, 4.69) is 0 Å². The Morgan fingerprint density at radius 3 is 2.20 bits per heavy atom. The molecule has 0 aromatic heterocycles. The van der Waals surface area contributed by atoms with E-state index < -0.39 is 25.7 Å². The number of sulfonamides is 1. The van der Waals surface area contributed by atoms with Crippen LogP contribution in [0.25, 0.3) is 0 Å². The Morgan fingerprint density at radius 1 is 0.900 bits per heavy atom. The highest BCUT2D eigenvalue weighted by Crippen LogP contribution is 2.42. The van der Waals surface area contributed by atoms with Gasteiger partial charge in [0.1, 0.15) is 10.5 Å². The standard InChI is InChI=1S/C21H25NO6S2/c1-21(2)15-16-7-6-8-19(20(16)27-21)28-30(25,26)18-11-9-17(10-12-18)29(23,24)22-13-4-3-5-14-22/h6-12H,3-5,13-15H2,1-2H3. The van der Waals surface area contributed by atoms with Gasteiger partial charge in [0.2, 0.25) is 10.0 Å². The molecule has 0 saturated carbocycles. The van der Waals surface area contributed by atoms with Gasteiger partial charge in [0.05, 0.1) is 4.90 Å². The third-order valence-electron chi connectivity index (χ3n) is 5.32. The molecule has 4 rings (SSSR count). The smallest absolute Gasteiger partial charge is 0.339 e. The second-order valence-electron chi connectivity index (χ2n) is 8.26. The molecular formula is C21H25NO6S2. The van der Waals surface area contributed by atoms with Crippen molar-refractivity contribution in [2.24, 2.45) is 0 Å². The average Bonchev–Trinajstić information content (AvgIpc) is 3.03. The number of hydrogen-bond acceptors (Lipinski definition) is 6. The molecular weight excluding hydrogens is 426 g/mol. The summed E-state index contributed by atoms with van der Waals surface area (Å²) in [4.78, 5) is -0.0380. The first-order valence-corrected chi connectivity index (χ1v) is 12.8. The van der Waals surface area contributed by atoms with E-state index in [1.54, 1.807) is 12.1 Å². The highest BCUT2D eigenvalue weighted by Gasteiger charge is 2.34. The van der Waals surface area contributed by atoms with E-state index in [0.717, 1.165) is 24.8 Å². The lowest BCUT2D eigenvalue weighted by Crippen LogP contribution is -2.35. The average molecular weight is 452 g/mol. The predicted molar refractivity (Wildman–Crippen MR) is 112 cm³/mol. The molecule has 162 valence electrons. The van der Waals surface area contributed by atoms with E-state index >= 15 is 0 Å². The van der Waals surface area contributed by atoms with Crippen molar-refractivity contribution in [3.63, 3.8) is 0 Å². The van der Waals surface area contributed by atoms with Crippen molar-refractivity contribution in [2.45, 2.75) is 54.9 Å². The zero-order valence-corrected chi connectivity index (χ0v) is 18.6. The summed E-state index contributed by atoms with van der Waals surface area (Å²) in [7, 11) is -7.77. The minimum atomic E-state index is -4.15. The van der Waals surface area contributed by atoms with Gasteiger partial charge in [-0.3, -0.25) is 0 Å². The zero-order valence-electron chi connectivity index (χ0n) is 17.0. The van der Waals surface area contributed by atoms with Crippen molar-refractivity contribution in [3.8, 4) is 11.5 Å². The highest BCUT2D eigenvalue weighted by molar-refractivity contribution is 7.89. The second kappa shape index (κ2) is 7.55. The Labute approximate surface area is 177 Å². The van der Waals surface area contributed by atoms with Crippen LogP contribution in [-0.4, -0.2) is 39.8 Å². The summed E-state index contributed by atoms with van der Waals surface area (Å²) in [6.07, 6.45) is 3.34. The first-order valence-electron chi connectivity index (χ1n) is 9.94. The number of piperidine rings is 1. The van der Waals surface area contributed by atoms with Crippen molar-refractivity contribution < 1.29 is 25.8 Å². The lowest BCUT2D eigenvalue weighted by molar-refractivity contribution is 0.136. The van der Waals surface area contributed by atoms with Crippen LogP contribution in [0.4, 0.5) is 0 Å². The van der Waals surface area contributed by atoms with Gasteiger partial charge in [-0.05, 0) is 57.0 Å². The van der Waals surface area contributed by atoms with Crippen LogP contribution in [0.1, 0.15) is 38.7 Å². The fourth-order valence-corrected chi connectivity index (χ4v) is 6.30. The molecule has 7 nitrogen and oxygen atoms in total. The summed E-state index contributed by atoms with van der Waals surface area (Å²) in [6.45, 7) is 4.82. The highest BCUT2D eigenvalue weighted by atomic mass is 32.2. The molecule has 0 aliphatic carbocycles. The second-order valence-corrected chi connectivity index (χ2v) is 11.7. The summed E-state index contributed by atoms with van der Waals surface area (Å²) >= 11 is 0. The SMILES string of the molecule is CC1(C)Cc2cccc(OS(=O)(=O)c3ccc(S(=O)(=O)N4CCCCC4)cc3)c2O1. The van der Waals surface area contributed by atoms with Gasteiger partial charge in [-0.2, -0.15) is 12.7 Å². The number of para-hydroxylation sites is 1. The van der Waals surface area contributed by atoms with E-state index in [1.807, 2.05) is 19.9 Å². The van der Waals surface area contributed by atoms with Crippen LogP contribution in [0.15, 0.2) is 52.3 Å². The maximum Gasteiger partial charge on any atom is 0.339 e. The molecule has 2 heterocycles.